The number of thiophene rings is 1. The Morgan fingerprint density at radius 3 is 2.84 bits per heavy atom. The van der Waals surface area contributed by atoms with Gasteiger partial charge >= 0.3 is 0 Å². The Labute approximate surface area is 116 Å². The van der Waals surface area contributed by atoms with Gasteiger partial charge in [0.05, 0.1) is 4.88 Å². The summed E-state index contributed by atoms with van der Waals surface area (Å²) in [5, 5.41) is 0. The van der Waals surface area contributed by atoms with Gasteiger partial charge in [0.2, 0.25) is 0 Å². The number of amides is 1. The molecule has 0 saturated carbocycles. The molecule has 1 aliphatic rings. The lowest BCUT2D eigenvalue weighted by Crippen LogP contribution is -2.46. The van der Waals surface area contributed by atoms with Crippen LogP contribution < -0.4 is 10.6 Å². The van der Waals surface area contributed by atoms with Gasteiger partial charge in [-0.2, -0.15) is 0 Å². The Morgan fingerprint density at radius 1 is 1.32 bits per heavy atom. The van der Waals surface area contributed by atoms with Gasteiger partial charge in [0.1, 0.15) is 0 Å². The summed E-state index contributed by atoms with van der Waals surface area (Å²) in [4.78, 5) is 16.3. The first-order chi connectivity index (χ1) is 9.15. The van der Waals surface area contributed by atoms with Crippen molar-refractivity contribution in [2.75, 3.05) is 11.4 Å². The number of anilines is 1. The largest absolute Gasteiger partial charge is 0.326 e. The average molecular weight is 272 g/mol. The maximum atomic E-state index is 12.6. The van der Waals surface area contributed by atoms with Gasteiger partial charge in [-0.15, -0.1) is 11.3 Å². The van der Waals surface area contributed by atoms with E-state index in [4.69, 9.17) is 5.73 Å². The third-order valence-corrected chi connectivity index (χ3v) is 4.37. The van der Waals surface area contributed by atoms with Crippen LogP contribution in [-0.2, 0) is 6.42 Å². The number of nitrogens with two attached hydrogens (primary N) is 1. The van der Waals surface area contributed by atoms with Crippen molar-refractivity contribution in [2.45, 2.75) is 19.4 Å². The first-order valence-corrected chi connectivity index (χ1v) is 7.18. The molecule has 0 saturated heterocycles. The Bertz CT molecular complexity index is 620. The highest BCUT2D eigenvalue weighted by atomic mass is 32.1. The predicted octanol–water partition coefficient (Wildman–Crippen LogP) is 2.59. The van der Waals surface area contributed by atoms with Crippen LogP contribution >= 0.6 is 11.3 Å². The van der Waals surface area contributed by atoms with Crippen molar-refractivity contribution in [3.8, 4) is 0 Å². The Kier molecular flexibility index (Phi) is 3.12. The molecule has 0 radical (unpaired) electrons. The van der Waals surface area contributed by atoms with E-state index in [0.717, 1.165) is 27.4 Å². The van der Waals surface area contributed by atoms with Crippen LogP contribution in [0.15, 0.2) is 36.4 Å². The van der Waals surface area contributed by atoms with Crippen molar-refractivity contribution < 1.29 is 4.79 Å². The van der Waals surface area contributed by atoms with E-state index < -0.39 is 0 Å². The number of carbonyl (C=O) groups excluding carboxylic acids is 1. The third-order valence-electron chi connectivity index (χ3n) is 3.38. The van der Waals surface area contributed by atoms with Gasteiger partial charge in [-0.05, 0) is 37.1 Å². The fourth-order valence-electron chi connectivity index (χ4n) is 2.50. The summed E-state index contributed by atoms with van der Waals surface area (Å²) in [6.45, 7) is 2.60. The second-order valence-electron chi connectivity index (χ2n) is 4.92. The monoisotopic (exact) mass is 272 g/mol. The van der Waals surface area contributed by atoms with Gasteiger partial charge in [-0.25, -0.2) is 0 Å². The summed E-state index contributed by atoms with van der Waals surface area (Å²) < 4.78 is 0. The second-order valence-corrected chi connectivity index (χ2v) is 6.21. The molecule has 1 atom stereocenters. The topological polar surface area (TPSA) is 46.3 Å². The maximum absolute atomic E-state index is 12.6. The molecule has 1 unspecified atom stereocenters. The summed E-state index contributed by atoms with van der Waals surface area (Å²) in [6, 6.07) is 11.9. The number of hydrogen-bond donors (Lipinski definition) is 1. The van der Waals surface area contributed by atoms with E-state index >= 15 is 0 Å². The van der Waals surface area contributed by atoms with Crippen LogP contribution in [0.5, 0.6) is 0 Å². The van der Waals surface area contributed by atoms with Crippen LogP contribution in [0.1, 0.15) is 20.1 Å². The molecule has 1 aliphatic heterocycles. The number of fused-ring (bicyclic) bond motifs is 1. The molecular formula is C15H16N2OS. The van der Waals surface area contributed by atoms with Gasteiger partial charge in [0, 0.05) is 23.2 Å². The molecule has 2 N–H and O–H groups in total. The first kappa shape index (κ1) is 12.4. The minimum atomic E-state index is 0.0138. The molecule has 19 heavy (non-hydrogen) atoms. The zero-order chi connectivity index (χ0) is 13.4. The number of rotatable bonds is 1. The van der Waals surface area contributed by atoms with Gasteiger partial charge in [-0.1, -0.05) is 18.2 Å². The molecule has 1 aromatic heterocycles. The standard InChI is InChI=1S/C15H16N2OS/c1-10-6-7-14(19-10)15(18)17-9-12(16)8-11-4-2-3-5-13(11)17/h2-7,12H,8-9,16H2,1H3. The normalized spacial score (nSPS) is 18.2. The van der Waals surface area contributed by atoms with Crippen LogP contribution in [0.3, 0.4) is 0 Å². The van der Waals surface area contributed by atoms with Crippen molar-refractivity contribution in [1.82, 2.24) is 0 Å². The van der Waals surface area contributed by atoms with Crippen molar-refractivity contribution in [3.63, 3.8) is 0 Å². The molecule has 98 valence electrons. The van der Waals surface area contributed by atoms with Crippen LogP contribution in [-0.4, -0.2) is 18.5 Å². The van der Waals surface area contributed by atoms with E-state index in [1.165, 1.54) is 11.3 Å². The van der Waals surface area contributed by atoms with E-state index in [2.05, 4.69) is 0 Å². The van der Waals surface area contributed by atoms with Gasteiger partial charge < -0.3 is 10.6 Å². The molecule has 0 spiro atoms. The van der Waals surface area contributed by atoms with E-state index in [1.54, 1.807) is 0 Å². The van der Waals surface area contributed by atoms with E-state index in [1.807, 2.05) is 48.2 Å². The first-order valence-electron chi connectivity index (χ1n) is 6.37. The molecule has 0 bridgehead atoms. The highest BCUT2D eigenvalue weighted by molar-refractivity contribution is 7.14. The van der Waals surface area contributed by atoms with Crippen LogP contribution in [0, 0.1) is 6.92 Å². The van der Waals surface area contributed by atoms with Crippen LogP contribution in [0.2, 0.25) is 0 Å². The molecule has 3 nitrogen and oxygen atoms in total. The molecule has 2 heterocycles. The van der Waals surface area contributed by atoms with Gasteiger partial charge in [0.15, 0.2) is 0 Å². The van der Waals surface area contributed by atoms with Crippen molar-refractivity contribution in [3.05, 3.63) is 51.7 Å². The fourth-order valence-corrected chi connectivity index (χ4v) is 3.32. The molecular weight excluding hydrogens is 256 g/mol. The Morgan fingerprint density at radius 2 is 2.11 bits per heavy atom. The van der Waals surface area contributed by atoms with E-state index in [0.29, 0.717) is 6.54 Å². The quantitative estimate of drug-likeness (QED) is 0.867. The molecule has 4 heteroatoms. The zero-order valence-corrected chi connectivity index (χ0v) is 11.6. The number of benzene rings is 1. The molecule has 0 fully saturated rings. The lowest BCUT2D eigenvalue weighted by atomic mass is 9.98. The van der Waals surface area contributed by atoms with Crippen LogP contribution in [0.4, 0.5) is 5.69 Å². The third kappa shape index (κ3) is 2.29. The van der Waals surface area contributed by atoms with Crippen molar-refractivity contribution >= 4 is 22.9 Å². The Hall–Kier alpha value is -1.65. The summed E-state index contributed by atoms with van der Waals surface area (Å²) in [5.41, 5.74) is 8.23. The minimum absolute atomic E-state index is 0.0138. The van der Waals surface area contributed by atoms with Crippen molar-refractivity contribution in [2.24, 2.45) is 5.73 Å². The lowest BCUT2D eigenvalue weighted by Gasteiger charge is -2.32. The summed E-state index contributed by atoms with van der Waals surface area (Å²) >= 11 is 1.53. The number of para-hydroxylation sites is 1. The van der Waals surface area contributed by atoms with Crippen molar-refractivity contribution in [1.29, 1.82) is 0 Å². The van der Waals surface area contributed by atoms with E-state index in [-0.39, 0.29) is 11.9 Å². The predicted molar refractivity (Wildman–Crippen MR) is 78.9 cm³/mol. The minimum Gasteiger partial charge on any atom is -0.326 e. The molecule has 2 aromatic rings. The molecule has 3 rings (SSSR count). The second kappa shape index (κ2) is 4.79. The van der Waals surface area contributed by atoms with E-state index in [9.17, 15) is 4.79 Å². The number of hydrogen-bond acceptors (Lipinski definition) is 3. The zero-order valence-electron chi connectivity index (χ0n) is 10.8. The summed E-state index contributed by atoms with van der Waals surface area (Å²) in [6.07, 6.45) is 0.837. The summed E-state index contributed by atoms with van der Waals surface area (Å²) in [7, 11) is 0. The van der Waals surface area contributed by atoms with Crippen LogP contribution in [0.25, 0.3) is 0 Å². The number of nitrogens with zero attached hydrogens (tertiary/aromatic N) is 1. The highest BCUT2D eigenvalue weighted by Crippen LogP contribution is 2.29. The summed E-state index contributed by atoms with van der Waals surface area (Å²) in [5.74, 6) is 0.0562. The molecule has 1 amide bonds. The molecule has 1 aromatic carbocycles. The highest BCUT2D eigenvalue weighted by Gasteiger charge is 2.27. The van der Waals surface area contributed by atoms with Gasteiger partial charge in [-0.3, -0.25) is 4.79 Å². The lowest BCUT2D eigenvalue weighted by molar-refractivity contribution is 0.0987. The smallest absolute Gasteiger partial charge is 0.268 e. The van der Waals surface area contributed by atoms with Gasteiger partial charge in [0.25, 0.3) is 5.91 Å². The number of aryl methyl sites for hydroxylation is 1. The number of carbonyl (C=O) groups is 1. The maximum Gasteiger partial charge on any atom is 0.268 e. The SMILES string of the molecule is Cc1ccc(C(=O)N2CC(N)Cc3ccccc32)s1. The fraction of sp³-hybridized carbons (Fsp3) is 0.267. The molecule has 0 aliphatic carbocycles. The average Bonchev–Trinajstić information content (AvgIpc) is 2.83. The Balaban J connectivity index is 1.99.